The Balaban J connectivity index is 2.03. The average Bonchev–Trinajstić information content (AvgIpc) is 2.57. The molecule has 0 saturated heterocycles. The van der Waals surface area contributed by atoms with Crippen molar-refractivity contribution in [1.29, 1.82) is 0 Å². The van der Waals surface area contributed by atoms with Crippen LogP contribution in [-0.4, -0.2) is 19.7 Å². The highest BCUT2D eigenvalue weighted by Crippen LogP contribution is 2.17. The highest BCUT2D eigenvalue weighted by molar-refractivity contribution is 5.70. The highest BCUT2D eigenvalue weighted by Gasteiger charge is 2.00. The molecule has 2 aromatic carbocycles. The summed E-state index contributed by atoms with van der Waals surface area (Å²) in [6, 6.07) is 16.9. The minimum absolute atomic E-state index is 0.702. The summed E-state index contributed by atoms with van der Waals surface area (Å²) in [5.41, 5.74) is 3.67. The van der Waals surface area contributed by atoms with E-state index in [1.807, 2.05) is 19.1 Å². The van der Waals surface area contributed by atoms with Crippen LogP contribution in [0.2, 0.25) is 0 Å². The Kier molecular flexibility index (Phi) is 6.08. The molecule has 0 unspecified atom stereocenters. The fraction of sp³-hybridized carbons (Fsp3) is 0.300. The van der Waals surface area contributed by atoms with Gasteiger partial charge < -0.3 is 9.64 Å². The molecule has 2 rings (SSSR count). The van der Waals surface area contributed by atoms with Crippen molar-refractivity contribution in [3.8, 4) is 5.75 Å². The third kappa shape index (κ3) is 4.39. The Hall–Kier alpha value is -2.22. The molecule has 2 aromatic rings. The number of anilines is 1. The minimum Gasteiger partial charge on any atom is -0.494 e. The summed E-state index contributed by atoms with van der Waals surface area (Å²) in [7, 11) is 0. The SMILES string of the molecule is CCOc1ccc(C=Cc2ccc(N(CC)CC)cc2)cc1. The van der Waals surface area contributed by atoms with Crippen LogP contribution < -0.4 is 9.64 Å². The van der Waals surface area contributed by atoms with Gasteiger partial charge in [-0.15, -0.1) is 0 Å². The minimum atomic E-state index is 0.702. The predicted molar refractivity (Wildman–Crippen MR) is 96.5 cm³/mol. The molecule has 0 N–H and O–H groups in total. The van der Waals surface area contributed by atoms with Crippen LogP contribution in [0.1, 0.15) is 31.9 Å². The molecule has 0 atom stereocenters. The molecule has 0 aliphatic heterocycles. The fourth-order valence-electron chi connectivity index (χ4n) is 2.42. The van der Waals surface area contributed by atoms with Crippen LogP contribution in [0.25, 0.3) is 12.2 Å². The van der Waals surface area contributed by atoms with Gasteiger partial charge in [-0.05, 0) is 56.2 Å². The zero-order chi connectivity index (χ0) is 15.8. The number of hydrogen-bond acceptors (Lipinski definition) is 2. The molecule has 116 valence electrons. The van der Waals surface area contributed by atoms with Gasteiger partial charge >= 0.3 is 0 Å². The Bertz CT molecular complexity index is 580. The Morgan fingerprint density at radius 3 is 1.73 bits per heavy atom. The van der Waals surface area contributed by atoms with Gasteiger partial charge in [0, 0.05) is 18.8 Å². The van der Waals surface area contributed by atoms with E-state index in [0.29, 0.717) is 6.61 Å². The first-order valence-electron chi connectivity index (χ1n) is 8.02. The van der Waals surface area contributed by atoms with E-state index in [-0.39, 0.29) is 0 Å². The topological polar surface area (TPSA) is 12.5 Å². The van der Waals surface area contributed by atoms with E-state index in [4.69, 9.17) is 4.74 Å². The Morgan fingerprint density at radius 2 is 1.27 bits per heavy atom. The summed E-state index contributed by atoms with van der Waals surface area (Å²) in [6.07, 6.45) is 4.27. The summed E-state index contributed by atoms with van der Waals surface area (Å²) >= 11 is 0. The maximum absolute atomic E-state index is 5.45. The molecule has 0 saturated carbocycles. The van der Waals surface area contributed by atoms with Crippen LogP contribution in [0.3, 0.4) is 0 Å². The van der Waals surface area contributed by atoms with E-state index in [9.17, 15) is 0 Å². The van der Waals surface area contributed by atoms with E-state index in [2.05, 4.69) is 67.3 Å². The summed E-state index contributed by atoms with van der Waals surface area (Å²) in [6.45, 7) is 9.14. The van der Waals surface area contributed by atoms with Crippen LogP contribution in [0.15, 0.2) is 48.5 Å². The number of benzene rings is 2. The smallest absolute Gasteiger partial charge is 0.119 e. The average molecular weight is 295 g/mol. The van der Waals surface area contributed by atoms with Crippen molar-refractivity contribution < 1.29 is 4.74 Å². The van der Waals surface area contributed by atoms with Gasteiger partial charge in [-0.2, -0.15) is 0 Å². The molecule has 0 aliphatic rings. The van der Waals surface area contributed by atoms with Crippen LogP contribution in [0, 0.1) is 0 Å². The van der Waals surface area contributed by atoms with E-state index in [1.165, 1.54) is 16.8 Å². The van der Waals surface area contributed by atoms with Crippen molar-refractivity contribution in [2.75, 3.05) is 24.6 Å². The molecule has 22 heavy (non-hydrogen) atoms. The van der Waals surface area contributed by atoms with Crippen molar-refractivity contribution in [3.05, 3.63) is 59.7 Å². The largest absolute Gasteiger partial charge is 0.494 e. The third-order valence-corrected chi connectivity index (χ3v) is 3.68. The quantitative estimate of drug-likeness (QED) is 0.659. The van der Waals surface area contributed by atoms with E-state index < -0.39 is 0 Å². The van der Waals surface area contributed by atoms with Gasteiger partial charge in [0.2, 0.25) is 0 Å². The lowest BCUT2D eigenvalue weighted by Crippen LogP contribution is -2.21. The number of hydrogen-bond donors (Lipinski definition) is 0. The van der Waals surface area contributed by atoms with Crippen molar-refractivity contribution in [2.24, 2.45) is 0 Å². The molecule has 0 amide bonds. The lowest BCUT2D eigenvalue weighted by molar-refractivity contribution is 0.340. The first kappa shape index (κ1) is 16.2. The number of ether oxygens (including phenoxy) is 1. The van der Waals surface area contributed by atoms with Gasteiger partial charge in [-0.1, -0.05) is 36.4 Å². The maximum Gasteiger partial charge on any atom is 0.119 e. The molecular formula is C20H25NO. The third-order valence-electron chi connectivity index (χ3n) is 3.68. The predicted octanol–water partition coefficient (Wildman–Crippen LogP) is 5.10. The Labute approximate surface area is 134 Å². The number of nitrogens with zero attached hydrogens (tertiary/aromatic N) is 1. The molecule has 0 bridgehead atoms. The van der Waals surface area contributed by atoms with Crippen molar-refractivity contribution in [2.45, 2.75) is 20.8 Å². The first-order chi connectivity index (χ1) is 10.8. The summed E-state index contributed by atoms with van der Waals surface area (Å²) in [5, 5.41) is 0. The van der Waals surface area contributed by atoms with Crippen molar-refractivity contribution in [1.82, 2.24) is 0 Å². The molecule has 0 aliphatic carbocycles. The highest BCUT2D eigenvalue weighted by atomic mass is 16.5. The van der Waals surface area contributed by atoms with E-state index >= 15 is 0 Å². The summed E-state index contributed by atoms with van der Waals surface area (Å²) in [4.78, 5) is 2.35. The standard InChI is InChI=1S/C20H25NO/c1-4-21(5-2)19-13-9-17(10-14-19)7-8-18-11-15-20(16-12-18)22-6-3/h7-16H,4-6H2,1-3H3. The van der Waals surface area contributed by atoms with Gasteiger partial charge in [0.1, 0.15) is 5.75 Å². The van der Waals surface area contributed by atoms with Gasteiger partial charge in [-0.25, -0.2) is 0 Å². The Morgan fingerprint density at radius 1 is 0.773 bits per heavy atom. The van der Waals surface area contributed by atoms with E-state index in [0.717, 1.165) is 18.8 Å². The zero-order valence-electron chi connectivity index (χ0n) is 13.8. The van der Waals surface area contributed by atoms with Gasteiger partial charge in [0.05, 0.1) is 6.61 Å². The molecule has 2 nitrogen and oxygen atoms in total. The monoisotopic (exact) mass is 295 g/mol. The van der Waals surface area contributed by atoms with Crippen LogP contribution in [0.4, 0.5) is 5.69 Å². The molecule has 0 fully saturated rings. The molecule has 2 heteroatoms. The second-order valence-electron chi connectivity index (χ2n) is 5.10. The molecule has 0 spiro atoms. The second-order valence-corrected chi connectivity index (χ2v) is 5.10. The molecule has 0 radical (unpaired) electrons. The van der Waals surface area contributed by atoms with Crippen LogP contribution >= 0.6 is 0 Å². The number of rotatable bonds is 7. The molecular weight excluding hydrogens is 270 g/mol. The lowest BCUT2D eigenvalue weighted by Gasteiger charge is -2.20. The molecule has 0 heterocycles. The maximum atomic E-state index is 5.45. The zero-order valence-corrected chi connectivity index (χ0v) is 13.8. The van der Waals surface area contributed by atoms with Crippen LogP contribution in [0.5, 0.6) is 5.75 Å². The first-order valence-corrected chi connectivity index (χ1v) is 8.02. The molecule has 0 aromatic heterocycles. The van der Waals surface area contributed by atoms with Gasteiger partial charge in [-0.3, -0.25) is 0 Å². The normalized spacial score (nSPS) is 10.9. The summed E-state index contributed by atoms with van der Waals surface area (Å²) in [5.74, 6) is 0.920. The van der Waals surface area contributed by atoms with Crippen LogP contribution in [-0.2, 0) is 0 Å². The van der Waals surface area contributed by atoms with Gasteiger partial charge in [0.25, 0.3) is 0 Å². The van der Waals surface area contributed by atoms with Crippen molar-refractivity contribution in [3.63, 3.8) is 0 Å². The summed E-state index contributed by atoms with van der Waals surface area (Å²) < 4.78 is 5.45. The van der Waals surface area contributed by atoms with Gasteiger partial charge in [0.15, 0.2) is 0 Å². The second kappa shape index (κ2) is 8.28. The lowest BCUT2D eigenvalue weighted by atomic mass is 10.1. The van der Waals surface area contributed by atoms with Crippen molar-refractivity contribution >= 4 is 17.8 Å². The fourth-order valence-corrected chi connectivity index (χ4v) is 2.42. The van der Waals surface area contributed by atoms with E-state index in [1.54, 1.807) is 0 Å².